The highest BCUT2D eigenvalue weighted by molar-refractivity contribution is 7.89. The third-order valence-corrected chi connectivity index (χ3v) is 4.47. The number of hydrogen-bond acceptors (Lipinski definition) is 4. The lowest BCUT2D eigenvalue weighted by atomic mass is 10.2. The maximum absolute atomic E-state index is 12.1. The maximum Gasteiger partial charge on any atom is 0.240 e. The summed E-state index contributed by atoms with van der Waals surface area (Å²) in [5.74, 6) is 0. The van der Waals surface area contributed by atoms with Gasteiger partial charge in [0.15, 0.2) is 0 Å². The number of benzene rings is 1. The summed E-state index contributed by atoms with van der Waals surface area (Å²) < 4.78 is 37.3. The normalized spacial score (nSPS) is 19.7. The van der Waals surface area contributed by atoms with E-state index in [0.717, 1.165) is 25.0 Å². The fourth-order valence-electron chi connectivity index (χ4n) is 2.06. The van der Waals surface area contributed by atoms with Crippen molar-refractivity contribution >= 4 is 10.0 Å². The van der Waals surface area contributed by atoms with Crippen molar-refractivity contribution in [2.45, 2.75) is 30.4 Å². The molecule has 0 spiro atoms. The van der Waals surface area contributed by atoms with Gasteiger partial charge in [-0.2, -0.15) is 0 Å². The van der Waals surface area contributed by atoms with Crippen LogP contribution in [0.4, 0.5) is 0 Å². The van der Waals surface area contributed by atoms with Gasteiger partial charge in [-0.3, -0.25) is 0 Å². The number of methoxy groups -OCH3 is 1. The first-order valence-corrected chi connectivity index (χ1v) is 7.79. The van der Waals surface area contributed by atoms with Gasteiger partial charge in [0.25, 0.3) is 0 Å². The van der Waals surface area contributed by atoms with Gasteiger partial charge in [0.05, 0.1) is 17.6 Å². The van der Waals surface area contributed by atoms with E-state index >= 15 is 0 Å². The van der Waals surface area contributed by atoms with E-state index in [1.807, 2.05) is 6.07 Å². The largest absolute Gasteiger partial charge is 0.380 e. The van der Waals surface area contributed by atoms with Crippen LogP contribution in [-0.2, 0) is 26.1 Å². The first-order chi connectivity index (χ1) is 9.12. The molecule has 0 aromatic heterocycles. The smallest absolute Gasteiger partial charge is 0.240 e. The molecule has 6 heteroatoms. The van der Waals surface area contributed by atoms with Crippen LogP contribution in [-0.4, -0.2) is 34.8 Å². The lowest BCUT2D eigenvalue weighted by Crippen LogP contribution is -2.31. The van der Waals surface area contributed by atoms with Gasteiger partial charge in [-0.15, -0.1) is 0 Å². The summed E-state index contributed by atoms with van der Waals surface area (Å²) in [4.78, 5) is 0.264. The number of hydrogen-bond donors (Lipinski definition) is 1. The Bertz CT molecular complexity index is 509. The Kier molecular flexibility index (Phi) is 4.93. The fourth-order valence-corrected chi connectivity index (χ4v) is 3.20. The van der Waals surface area contributed by atoms with E-state index in [1.54, 1.807) is 25.3 Å². The average Bonchev–Trinajstić information content (AvgIpc) is 2.90. The molecule has 1 aromatic carbocycles. The molecule has 0 radical (unpaired) electrons. The second-order valence-corrected chi connectivity index (χ2v) is 6.33. The van der Waals surface area contributed by atoms with Crippen molar-refractivity contribution in [3.05, 3.63) is 29.8 Å². The zero-order valence-corrected chi connectivity index (χ0v) is 11.8. The van der Waals surface area contributed by atoms with E-state index in [2.05, 4.69) is 4.72 Å². The molecule has 0 amide bonds. The molecule has 1 N–H and O–H groups in total. The third-order valence-electron chi connectivity index (χ3n) is 3.04. The first kappa shape index (κ1) is 14.5. The number of ether oxygens (including phenoxy) is 2. The second-order valence-electron chi connectivity index (χ2n) is 4.57. The Morgan fingerprint density at radius 3 is 3.00 bits per heavy atom. The minimum absolute atomic E-state index is 0.00284. The molecule has 1 aliphatic heterocycles. The Hall–Kier alpha value is -0.950. The summed E-state index contributed by atoms with van der Waals surface area (Å²) in [7, 11) is -1.89. The van der Waals surface area contributed by atoms with Gasteiger partial charge in [-0.25, -0.2) is 13.1 Å². The van der Waals surface area contributed by atoms with Crippen molar-refractivity contribution in [2.24, 2.45) is 0 Å². The molecule has 1 aliphatic rings. The van der Waals surface area contributed by atoms with Crippen LogP contribution in [0.3, 0.4) is 0 Å². The van der Waals surface area contributed by atoms with E-state index in [9.17, 15) is 8.42 Å². The topological polar surface area (TPSA) is 64.6 Å². The molecule has 0 aliphatic carbocycles. The van der Waals surface area contributed by atoms with E-state index < -0.39 is 10.0 Å². The van der Waals surface area contributed by atoms with Gasteiger partial charge in [-0.05, 0) is 30.5 Å². The second kappa shape index (κ2) is 6.47. The summed E-state index contributed by atoms with van der Waals surface area (Å²) in [5.41, 5.74) is 0.836. The van der Waals surface area contributed by atoms with Crippen molar-refractivity contribution in [3.63, 3.8) is 0 Å². The Labute approximate surface area is 114 Å². The highest BCUT2D eigenvalue weighted by atomic mass is 32.2. The molecule has 0 saturated carbocycles. The Morgan fingerprint density at radius 1 is 1.47 bits per heavy atom. The monoisotopic (exact) mass is 285 g/mol. The number of nitrogens with one attached hydrogen (secondary N) is 1. The van der Waals surface area contributed by atoms with Crippen LogP contribution < -0.4 is 4.72 Å². The molecule has 1 fully saturated rings. The zero-order chi connectivity index (χ0) is 13.7. The standard InChI is InChI=1S/C13H19NO4S/c1-17-10-11-4-2-6-13(8-11)19(15,16)14-9-12-5-3-7-18-12/h2,4,6,8,12,14H,3,5,7,9-10H2,1H3/t12-/m0/s1. The number of sulfonamides is 1. The minimum Gasteiger partial charge on any atom is -0.380 e. The van der Waals surface area contributed by atoms with Crippen molar-refractivity contribution < 1.29 is 17.9 Å². The molecule has 5 nitrogen and oxygen atoms in total. The van der Waals surface area contributed by atoms with Gasteiger partial charge in [0.2, 0.25) is 10.0 Å². The van der Waals surface area contributed by atoms with E-state index in [-0.39, 0.29) is 11.0 Å². The van der Waals surface area contributed by atoms with E-state index in [4.69, 9.17) is 9.47 Å². The van der Waals surface area contributed by atoms with E-state index in [0.29, 0.717) is 13.2 Å². The lowest BCUT2D eigenvalue weighted by Gasteiger charge is -2.12. The quantitative estimate of drug-likeness (QED) is 0.855. The van der Waals surface area contributed by atoms with Crippen LogP contribution in [0.5, 0.6) is 0 Å². The van der Waals surface area contributed by atoms with Crippen LogP contribution >= 0.6 is 0 Å². The molecule has 19 heavy (non-hydrogen) atoms. The third kappa shape index (κ3) is 4.01. The van der Waals surface area contributed by atoms with Crippen LogP contribution in [0.15, 0.2) is 29.2 Å². The molecular weight excluding hydrogens is 266 g/mol. The molecular formula is C13H19NO4S. The SMILES string of the molecule is COCc1cccc(S(=O)(=O)NC[C@@H]2CCCO2)c1. The highest BCUT2D eigenvalue weighted by Crippen LogP contribution is 2.14. The molecule has 1 atom stereocenters. The summed E-state index contributed by atoms with van der Waals surface area (Å²) in [6, 6.07) is 6.76. The Morgan fingerprint density at radius 2 is 2.32 bits per heavy atom. The van der Waals surface area contributed by atoms with Gasteiger partial charge < -0.3 is 9.47 Å². The van der Waals surface area contributed by atoms with E-state index in [1.165, 1.54) is 0 Å². The molecule has 1 aromatic rings. The van der Waals surface area contributed by atoms with Crippen molar-refractivity contribution in [3.8, 4) is 0 Å². The summed E-state index contributed by atoms with van der Waals surface area (Å²) >= 11 is 0. The van der Waals surface area contributed by atoms with Crippen LogP contribution in [0.2, 0.25) is 0 Å². The predicted molar refractivity (Wildman–Crippen MR) is 71.3 cm³/mol. The summed E-state index contributed by atoms with van der Waals surface area (Å²) in [6.45, 7) is 1.45. The van der Waals surface area contributed by atoms with Crippen molar-refractivity contribution in [2.75, 3.05) is 20.3 Å². The summed E-state index contributed by atoms with van der Waals surface area (Å²) in [5, 5.41) is 0. The molecule has 2 rings (SSSR count). The number of rotatable bonds is 6. The van der Waals surface area contributed by atoms with Crippen molar-refractivity contribution in [1.29, 1.82) is 0 Å². The van der Waals surface area contributed by atoms with Gasteiger partial charge >= 0.3 is 0 Å². The van der Waals surface area contributed by atoms with Gasteiger partial charge in [0.1, 0.15) is 0 Å². The molecule has 106 valence electrons. The average molecular weight is 285 g/mol. The maximum atomic E-state index is 12.1. The van der Waals surface area contributed by atoms with Crippen LogP contribution in [0, 0.1) is 0 Å². The summed E-state index contributed by atoms with van der Waals surface area (Å²) in [6.07, 6.45) is 1.90. The highest BCUT2D eigenvalue weighted by Gasteiger charge is 2.20. The Balaban J connectivity index is 2.03. The van der Waals surface area contributed by atoms with Crippen LogP contribution in [0.25, 0.3) is 0 Å². The first-order valence-electron chi connectivity index (χ1n) is 6.31. The predicted octanol–water partition coefficient (Wildman–Crippen LogP) is 1.29. The minimum atomic E-state index is -3.47. The molecule has 1 heterocycles. The lowest BCUT2D eigenvalue weighted by molar-refractivity contribution is 0.114. The van der Waals surface area contributed by atoms with Crippen molar-refractivity contribution in [1.82, 2.24) is 4.72 Å². The molecule has 0 bridgehead atoms. The fraction of sp³-hybridized carbons (Fsp3) is 0.538. The molecule has 1 saturated heterocycles. The molecule has 0 unspecified atom stereocenters. The zero-order valence-electron chi connectivity index (χ0n) is 11.0. The van der Waals surface area contributed by atoms with Gasteiger partial charge in [-0.1, -0.05) is 12.1 Å². The van der Waals surface area contributed by atoms with Gasteiger partial charge in [0, 0.05) is 20.3 Å². The van der Waals surface area contributed by atoms with Crippen LogP contribution in [0.1, 0.15) is 18.4 Å².